The molecule has 7 nitrogen and oxygen atoms in total. The van der Waals surface area contributed by atoms with Gasteiger partial charge in [0, 0.05) is 43.9 Å². The van der Waals surface area contributed by atoms with E-state index in [4.69, 9.17) is 11.6 Å². The van der Waals surface area contributed by atoms with Crippen LogP contribution in [0.5, 0.6) is 0 Å². The van der Waals surface area contributed by atoms with Crippen LogP contribution in [0.4, 0.5) is 0 Å². The van der Waals surface area contributed by atoms with E-state index in [-0.39, 0.29) is 21.4 Å². The molecule has 0 atom stereocenters. The molecule has 1 saturated heterocycles. The first-order valence-electron chi connectivity index (χ1n) is 8.68. The molecule has 1 fully saturated rings. The van der Waals surface area contributed by atoms with Gasteiger partial charge in [-0.25, -0.2) is 8.42 Å². The fourth-order valence-electron chi connectivity index (χ4n) is 3.71. The number of sulfonamides is 1. The average Bonchev–Trinajstić information content (AvgIpc) is 3.16. The van der Waals surface area contributed by atoms with Crippen molar-refractivity contribution in [1.29, 1.82) is 0 Å². The van der Waals surface area contributed by atoms with E-state index in [1.54, 1.807) is 36.5 Å². The number of nitrogens with zero attached hydrogens (tertiary/aromatic N) is 4. The van der Waals surface area contributed by atoms with Crippen LogP contribution in [0.3, 0.4) is 0 Å². The summed E-state index contributed by atoms with van der Waals surface area (Å²) in [5.41, 5.74) is 1.46. The van der Waals surface area contributed by atoms with E-state index in [2.05, 4.69) is 5.10 Å². The molecule has 0 N–H and O–H groups in total. The molecular weight excluding hydrogens is 388 g/mol. The average molecular weight is 407 g/mol. The lowest BCUT2D eigenvalue weighted by molar-refractivity contribution is 0.313. The van der Waals surface area contributed by atoms with E-state index in [1.165, 1.54) is 14.9 Å². The first-order valence-corrected chi connectivity index (χ1v) is 10.5. The Kier molecular flexibility index (Phi) is 4.57. The predicted molar refractivity (Wildman–Crippen MR) is 103 cm³/mol. The van der Waals surface area contributed by atoms with Crippen molar-refractivity contribution in [2.75, 3.05) is 13.1 Å². The summed E-state index contributed by atoms with van der Waals surface area (Å²) in [5, 5.41) is 4.26. The van der Waals surface area contributed by atoms with Crippen LogP contribution in [0.1, 0.15) is 24.5 Å². The summed E-state index contributed by atoms with van der Waals surface area (Å²) < 4.78 is 30.6. The fourth-order valence-corrected chi connectivity index (χ4v) is 5.68. The molecule has 9 heteroatoms. The second-order valence-corrected chi connectivity index (χ2v) is 8.99. The molecule has 0 saturated carbocycles. The normalized spacial score (nSPS) is 16.8. The van der Waals surface area contributed by atoms with E-state index >= 15 is 0 Å². The number of halogens is 1. The second kappa shape index (κ2) is 6.78. The Morgan fingerprint density at radius 1 is 1.15 bits per heavy atom. The van der Waals surface area contributed by atoms with Crippen molar-refractivity contribution in [3.8, 4) is 0 Å². The van der Waals surface area contributed by atoms with Gasteiger partial charge in [-0.2, -0.15) is 13.9 Å². The zero-order valence-electron chi connectivity index (χ0n) is 14.7. The molecule has 1 aliphatic heterocycles. The number of aromatic nitrogens is 3. The van der Waals surface area contributed by atoms with Crippen molar-refractivity contribution in [1.82, 2.24) is 18.5 Å². The molecule has 0 unspecified atom stereocenters. The van der Waals surface area contributed by atoms with E-state index in [1.807, 2.05) is 11.6 Å². The Balaban J connectivity index is 1.59. The lowest BCUT2D eigenvalue weighted by Gasteiger charge is -2.32. The van der Waals surface area contributed by atoms with Crippen molar-refractivity contribution >= 4 is 27.3 Å². The molecular formula is C18H19ClN4O3S. The Morgan fingerprint density at radius 2 is 1.85 bits per heavy atom. The summed E-state index contributed by atoms with van der Waals surface area (Å²) in [6, 6.07) is 9.88. The van der Waals surface area contributed by atoms with Gasteiger partial charge in [-0.15, -0.1) is 0 Å². The molecule has 4 rings (SSSR count). The summed E-state index contributed by atoms with van der Waals surface area (Å²) in [4.78, 5) is 12.4. The van der Waals surface area contributed by atoms with Crippen molar-refractivity contribution < 1.29 is 8.42 Å². The Bertz CT molecular complexity index is 1160. The summed E-state index contributed by atoms with van der Waals surface area (Å²) in [7, 11) is -1.72. The topological polar surface area (TPSA) is 76.7 Å². The highest BCUT2D eigenvalue weighted by molar-refractivity contribution is 7.89. The second-order valence-electron chi connectivity index (χ2n) is 6.68. The highest BCUT2D eigenvalue weighted by Gasteiger charge is 2.32. The molecule has 0 aliphatic carbocycles. The summed E-state index contributed by atoms with van der Waals surface area (Å²) in [6.07, 6.45) is 2.88. The molecule has 1 aromatic carbocycles. The van der Waals surface area contributed by atoms with E-state index in [0.29, 0.717) is 25.9 Å². The van der Waals surface area contributed by atoms with Gasteiger partial charge >= 0.3 is 0 Å². The van der Waals surface area contributed by atoms with Gasteiger partial charge in [0.1, 0.15) is 10.5 Å². The Morgan fingerprint density at radius 3 is 2.56 bits per heavy atom. The molecule has 2 aromatic heterocycles. The third-order valence-electron chi connectivity index (χ3n) is 5.16. The minimum atomic E-state index is -3.62. The van der Waals surface area contributed by atoms with Gasteiger partial charge in [-0.05, 0) is 25.0 Å². The van der Waals surface area contributed by atoms with Crippen molar-refractivity contribution in [3.63, 3.8) is 0 Å². The van der Waals surface area contributed by atoms with Crippen molar-refractivity contribution in [2.24, 2.45) is 7.05 Å². The van der Waals surface area contributed by atoms with Crippen LogP contribution in [0, 0.1) is 0 Å². The number of fused-ring (bicyclic) bond motifs is 1. The summed E-state index contributed by atoms with van der Waals surface area (Å²) >= 11 is 6.08. The van der Waals surface area contributed by atoms with Gasteiger partial charge < -0.3 is 4.57 Å². The lowest BCUT2D eigenvalue weighted by atomic mass is 9.94. The molecule has 27 heavy (non-hydrogen) atoms. The van der Waals surface area contributed by atoms with Crippen LogP contribution in [0.15, 0.2) is 52.3 Å². The summed E-state index contributed by atoms with van der Waals surface area (Å²) in [5.74, 6) is 0.111. The minimum absolute atomic E-state index is 0.111. The standard InChI is InChI=1S/C18H19ClN4O3S/c1-21-15(12-18(24)23-17(21)6-9-20-23)13-7-10-22(11-8-13)27(25,26)16-5-3-2-4-14(16)19/h2-6,9,12-13H,7-8,10-11H2,1H3. The largest absolute Gasteiger partial charge is 0.333 e. The molecule has 1 aliphatic rings. The quantitative estimate of drug-likeness (QED) is 0.668. The lowest BCUT2D eigenvalue weighted by Crippen LogP contribution is -2.38. The molecule has 3 heterocycles. The highest BCUT2D eigenvalue weighted by atomic mass is 35.5. The van der Waals surface area contributed by atoms with E-state index in [0.717, 1.165) is 11.3 Å². The third kappa shape index (κ3) is 3.07. The highest BCUT2D eigenvalue weighted by Crippen LogP contribution is 2.32. The van der Waals surface area contributed by atoms with E-state index < -0.39 is 10.0 Å². The molecule has 142 valence electrons. The van der Waals surface area contributed by atoms with Gasteiger partial charge in [0.15, 0.2) is 0 Å². The molecule has 0 bridgehead atoms. The van der Waals surface area contributed by atoms with E-state index in [9.17, 15) is 13.2 Å². The van der Waals surface area contributed by atoms with Crippen LogP contribution in [0.25, 0.3) is 5.65 Å². The SMILES string of the molecule is Cn1c(C2CCN(S(=O)(=O)c3ccccc3Cl)CC2)cc(=O)n2nccc12. The van der Waals surface area contributed by atoms with Crippen LogP contribution >= 0.6 is 11.6 Å². The Hall–Kier alpha value is -2.16. The number of rotatable bonds is 3. The third-order valence-corrected chi connectivity index (χ3v) is 7.56. The van der Waals surface area contributed by atoms with Crippen molar-refractivity contribution in [2.45, 2.75) is 23.7 Å². The molecule has 0 radical (unpaired) electrons. The molecule has 3 aromatic rings. The van der Waals surface area contributed by atoms with Crippen LogP contribution < -0.4 is 5.56 Å². The van der Waals surface area contributed by atoms with Crippen LogP contribution in [-0.2, 0) is 17.1 Å². The monoisotopic (exact) mass is 406 g/mol. The number of piperidine rings is 1. The zero-order valence-corrected chi connectivity index (χ0v) is 16.3. The Labute approximate surface area is 161 Å². The van der Waals surface area contributed by atoms with Gasteiger partial charge in [0.05, 0.1) is 11.2 Å². The first kappa shape index (κ1) is 18.2. The number of aryl methyl sites for hydroxylation is 1. The van der Waals surface area contributed by atoms with Crippen LogP contribution in [0.2, 0.25) is 5.02 Å². The zero-order chi connectivity index (χ0) is 19.2. The van der Waals surface area contributed by atoms with Crippen LogP contribution in [-0.4, -0.2) is 40.0 Å². The van der Waals surface area contributed by atoms with Crippen molar-refractivity contribution in [3.05, 3.63) is 63.7 Å². The molecule has 0 spiro atoms. The maximum atomic E-state index is 12.9. The van der Waals surface area contributed by atoms with Gasteiger partial charge in [0.2, 0.25) is 10.0 Å². The maximum Gasteiger partial charge on any atom is 0.274 e. The smallest absolute Gasteiger partial charge is 0.274 e. The minimum Gasteiger partial charge on any atom is -0.333 e. The van der Waals surface area contributed by atoms with Gasteiger partial charge in [0.25, 0.3) is 5.56 Å². The maximum absolute atomic E-state index is 12.9. The van der Waals surface area contributed by atoms with Gasteiger partial charge in [-0.1, -0.05) is 23.7 Å². The number of benzene rings is 1. The van der Waals surface area contributed by atoms with Gasteiger partial charge in [-0.3, -0.25) is 4.79 Å². The summed E-state index contributed by atoms with van der Waals surface area (Å²) in [6.45, 7) is 0.772. The molecule has 0 amide bonds. The predicted octanol–water partition coefficient (Wildman–Crippen LogP) is 2.25. The number of hydrogen-bond donors (Lipinski definition) is 0. The number of hydrogen-bond acceptors (Lipinski definition) is 4. The first-order chi connectivity index (χ1) is 12.9. The fraction of sp³-hybridized carbons (Fsp3) is 0.333.